The van der Waals surface area contributed by atoms with E-state index in [1.807, 2.05) is 18.2 Å². The maximum atomic E-state index is 13.0. The second-order valence-corrected chi connectivity index (χ2v) is 6.19. The SMILES string of the molecule is O=C(c1cccc[n+]1[O-])[C@@H]1[C@@H](c2ccccc2)[C@H]2C=C[C@@H]1C2. The van der Waals surface area contributed by atoms with Gasteiger partial charge in [-0.15, -0.1) is 0 Å². The van der Waals surface area contributed by atoms with Crippen LogP contribution in [0.25, 0.3) is 0 Å². The second kappa shape index (κ2) is 5.09. The van der Waals surface area contributed by atoms with Crippen LogP contribution in [0.3, 0.4) is 0 Å². The Labute approximate surface area is 129 Å². The first kappa shape index (κ1) is 13.3. The van der Waals surface area contributed by atoms with Gasteiger partial charge < -0.3 is 5.21 Å². The molecule has 110 valence electrons. The summed E-state index contributed by atoms with van der Waals surface area (Å²) in [4.78, 5) is 13.0. The average molecular weight is 291 g/mol. The molecule has 1 saturated carbocycles. The minimum absolute atomic E-state index is 0.0266. The molecule has 2 bridgehead atoms. The van der Waals surface area contributed by atoms with Crippen molar-refractivity contribution in [2.45, 2.75) is 12.3 Å². The third-order valence-electron chi connectivity index (χ3n) is 5.02. The van der Waals surface area contributed by atoms with Gasteiger partial charge >= 0.3 is 0 Å². The van der Waals surface area contributed by atoms with Crippen molar-refractivity contribution in [1.29, 1.82) is 0 Å². The Morgan fingerprint density at radius 1 is 1.00 bits per heavy atom. The molecule has 22 heavy (non-hydrogen) atoms. The van der Waals surface area contributed by atoms with Crippen LogP contribution in [-0.2, 0) is 0 Å². The highest BCUT2D eigenvalue weighted by atomic mass is 16.5. The molecule has 2 aliphatic rings. The fourth-order valence-corrected chi connectivity index (χ4v) is 4.10. The lowest BCUT2D eigenvalue weighted by Gasteiger charge is -2.26. The summed E-state index contributed by atoms with van der Waals surface area (Å²) in [7, 11) is 0. The number of nitrogens with zero attached hydrogens (tertiary/aromatic N) is 1. The van der Waals surface area contributed by atoms with E-state index in [9.17, 15) is 10.0 Å². The number of carbonyl (C=O) groups excluding carboxylic acids is 1. The summed E-state index contributed by atoms with van der Waals surface area (Å²) in [5, 5.41) is 11.9. The maximum absolute atomic E-state index is 13.0. The van der Waals surface area contributed by atoms with E-state index in [2.05, 4.69) is 24.3 Å². The highest BCUT2D eigenvalue weighted by molar-refractivity contribution is 5.96. The number of hydrogen-bond acceptors (Lipinski definition) is 2. The molecule has 0 aliphatic heterocycles. The number of hydrogen-bond donors (Lipinski definition) is 0. The average Bonchev–Trinajstić information content (AvgIpc) is 3.16. The van der Waals surface area contributed by atoms with Gasteiger partial charge in [-0.2, -0.15) is 4.73 Å². The lowest BCUT2D eigenvalue weighted by molar-refractivity contribution is -0.607. The van der Waals surface area contributed by atoms with Crippen LogP contribution in [-0.4, -0.2) is 5.78 Å². The van der Waals surface area contributed by atoms with Gasteiger partial charge in [0.1, 0.15) is 0 Å². The first-order chi connectivity index (χ1) is 10.8. The number of pyridine rings is 1. The summed E-state index contributed by atoms with van der Waals surface area (Å²) in [6, 6.07) is 15.2. The van der Waals surface area contributed by atoms with Crippen molar-refractivity contribution in [2.24, 2.45) is 17.8 Å². The quantitative estimate of drug-likeness (QED) is 0.377. The molecular weight excluding hydrogens is 274 g/mol. The number of Topliss-reactive ketones (excluding diaryl/α,β-unsaturated/α-hetero) is 1. The number of ketones is 1. The van der Waals surface area contributed by atoms with Crippen LogP contribution in [0.2, 0.25) is 0 Å². The molecule has 3 nitrogen and oxygen atoms in total. The van der Waals surface area contributed by atoms with Crippen molar-refractivity contribution in [3.05, 3.63) is 83.3 Å². The lowest BCUT2D eigenvalue weighted by Crippen LogP contribution is -2.38. The van der Waals surface area contributed by atoms with Crippen LogP contribution < -0.4 is 4.73 Å². The van der Waals surface area contributed by atoms with Gasteiger partial charge in [0, 0.05) is 24.0 Å². The van der Waals surface area contributed by atoms with Crippen LogP contribution >= 0.6 is 0 Å². The molecule has 0 saturated heterocycles. The zero-order valence-electron chi connectivity index (χ0n) is 12.1. The topological polar surface area (TPSA) is 44.0 Å². The van der Waals surface area contributed by atoms with Crippen molar-refractivity contribution < 1.29 is 9.52 Å². The molecular formula is C19H17NO2. The Morgan fingerprint density at radius 3 is 2.50 bits per heavy atom. The highest BCUT2D eigenvalue weighted by Crippen LogP contribution is 2.53. The molecule has 1 heterocycles. The van der Waals surface area contributed by atoms with Crippen LogP contribution in [0.15, 0.2) is 66.9 Å². The molecule has 2 aromatic rings. The van der Waals surface area contributed by atoms with Gasteiger partial charge in [0.25, 0.3) is 5.69 Å². The molecule has 0 unspecified atom stereocenters. The zero-order valence-corrected chi connectivity index (χ0v) is 12.1. The van der Waals surface area contributed by atoms with Crippen molar-refractivity contribution in [2.75, 3.05) is 0 Å². The Hall–Kier alpha value is -2.42. The van der Waals surface area contributed by atoms with Gasteiger partial charge in [0.15, 0.2) is 6.20 Å². The van der Waals surface area contributed by atoms with Crippen molar-refractivity contribution >= 4 is 5.78 Å². The monoisotopic (exact) mass is 291 g/mol. The summed E-state index contributed by atoms with van der Waals surface area (Å²) >= 11 is 0. The third kappa shape index (κ3) is 1.97. The molecule has 4 atom stereocenters. The normalized spacial score (nSPS) is 28.9. The molecule has 3 heteroatoms. The van der Waals surface area contributed by atoms with Gasteiger partial charge in [0.2, 0.25) is 5.78 Å². The van der Waals surface area contributed by atoms with Gasteiger partial charge in [-0.1, -0.05) is 42.5 Å². The maximum Gasteiger partial charge on any atom is 0.260 e. The molecule has 1 fully saturated rings. The summed E-state index contributed by atoms with van der Waals surface area (Å²) in [5.41, 5.74) is 1.46. The van der Waals surface area contributed by atoms with Gasteiger partial charge in [-0.3, -0.25) is 4.79 Å². The third-order valence-corrected chi connectivity index (χ3v) is 5.02. The number of rotatable bonds is 3. The summed E-state index contributed by atoms with van der Waals surface area (Å²) in [6.07, 6.45) is 6.81. The molecule has 1 aromatic carbocycles. The molecule has 2 aliphatic carbocycles. The first-order valence-electron chi connectivity index (χ1n) is 7.71. The molecule has 0 amide bonds. The molecule has 0 radical (unpaired) electrons. The molecule has 4 rings (SSSR count). The zero-order chi connectivity index (χ0) is 15.1. The summed E-state index contributed by atoms with van der Waals surface area (Å²) in [6.45, 7) is 0. The summed E-state index contributed by atoms with van der Waals surface area (Å²) in [5.74, 6) is 0.693. The minimum Gasteiger partial charge on any atom is -0.618 e. The smallest absolute Gasteiger partial charge is 0.260 e. The molecule has 1 aromatic heterocycles. The number of allylic oxidation sites excluding steroid dienone is 2. The molecule has 0 spiro atoms. The predicted octanol–water partition coefficient (Wildman–Crippen LogP) is 3.11. The minimum atomic E-state index is -0.125. The van der Waals surface area contributed by atoms with E-state index in [4.69, 9.17) is 0 Å². The number of fused-ring (bicyclic) bond motifs is 2. The summed E-state index contributed by atoms with van der Waals surface area (Å²) < 4.78 is 0.695. The van der Waals surface area contributed by atoms with E-state index < -0.39 is 0 Å². The van der Waals surface area contributed by atoms with Crippen LogP contribution in [0.4, 0.5) is 0 Å². The fourth-order valence-electron chi connectivity index (χ4n) is 4.10. The van der Waals surface area contributed by atoms with Gasteiger partial charge in [-0.05, 0) is 29.9 Å². The van der Waals surface area contributed by atoms with Gasteiger partial charge in [0.05, 0.1) is 0 Å². The fraction of sp³-hybridized carbons (Fsp3) is 0.263. The highest BCUT2D eigenvalue weighted by Gasteiger charge is 2.50. The standard InChI is InChI=1S/C19H17NO2/c21-19(16-8-4-5-11-20(16)22)18-15-10-9-14(12-15)17(18)13-6-2-1-3-7-13/h1-11,14-15,17-18H,12H2/t14-,15+,17-,18-/m0/s1. The second-order valence-electron chi connectivity index (χ2n) is 6.19. The Kier molecular flexibility index (Phi) is 3.07. The van der Waals surface area contributed by atoms with Crippen LogP contribution in [0.5, 0.6) is 0 Å². The number of carbonyl (C=O) groups is 1. The van der Waals surface area contributed by atoms with Crippen LogP contribution in [0.1, 0.15) is 28.4 Å². The van der Waals surface area contributed by atoms with E-state index >= 15 is 0 Å². The van der Waals surface area contributed by atoms with E-state index in [1.54, 1.807) is 18.2 Å². The Morgan fingerprint density at radius 2 is 1.73 bits per heavy atom. The number of benzene rings is 1. The first-order valence-corrected chi connectivity index (χ1v) is 7.71. The van der Waals surface area contributed by atoms with Crippen molar-refractivity contribution in [1.82, 2.24) is 0 Å². The van der Waals surface area contributed by atoms with Crippen molar-refractivity contribution in [3.8, 4) is 0 Å². The van der Waals surface area contributed by atoms with E-state index in [0.29, 0.717) is 10.6 Å². The predicted molar refractivity (Wildman–Crippen MR) is 83.1 cm³/mol. The Bertz CT molecular complexity index is 738. The van der Waals surface area contributed by atoms with Gasteiger partial charge in [-0.25, -0.2) is 0 Å². The number of aromatic nitrogens is 1. The molecule has 0 N–H and O–H groups in total. The van der Waals surface area contributed by atoms with E-state index in [0.717, 1.165) is 6.42 Å². The largest absolute Gasteiger partial charge is 0.618 e. The van der Waals surface area contributed by atoms with E-state index in [1.165, 1.54) is 11.8 Å². The van der Waals surface area contributed by atoms with E-state index in [-0.39, 0.29) is 29.2 Å². The Balaban J connectivity index is 1.75. The van der Waals surface area contributed by atoms with Crippen LogP contribution in [0, 0.1) is 23.0 Å². The lowest BCUT2D eigenvalue weighted by atomic mass is 9.75. The van der Waals surface area contributed by atoms with Crippen molar-refractivity contribution in [3.63, 3.8) is 0 Å².